The molecule has 0 spiro atoms. The average Bonchev–Trinajstić information content (AvgIpc) is 2.03. The van der Waals surface area contributed by atoms with Gasteiger partial charge in [0.15, 0.2) is 0 Å². The van der Waals surface area contributed by atoms with E-state index in [0.29, 0.717) is 0 Å². The topological polar surface area (TPSA) is 15.3 Å². The first-order chi connectivity index (χ1) is 6.18. The minimum atomic E-state index is 0.969. The smallest absolute Gasteiger partial charge is 0.0343 e. The molecule has 0 fully saturated rings. The second-order valence-electron chi connectivity index (χ2n) is 3.43. The van der Waals surface area contributed by atoms with Crippen LogP contribution in [0.15, 0.2) is 24.3 Å². The summed E-state index contributed by atoms with van der Waals surface area (Å²) in [5.41, 5.74) is 2.20. The maximum absolute atomic E-state index is 3.87. The summed E-state index contributed by atoms with van der Waals surface area (Å²) in [7, 11) is 4.14. The summed E-state index contributed by atoms with van der Waals surface area (Å²) < 4.78 is 0. The summed E-state index contributed by atoms with van der Waals surface area (Å²) in [6.07, 6.45) is 0. The molecule has 2 nitrogen and oxygen atoms in total. The van der Waals surface area contributed by atoms with Gasteiger partial charge in [-0.15, -0.1) is 0 Å². The molecule has 2 heteroatoms. The van der Waals surface area contributed by atoms with Crippen molar-refractivity contribution in [3.63, 3.8) is 0 Å². The van der Waals surface area contributed by atoms with E-state index < -0.39 is 0 Å². The van der Waals surface area contributed by atoms with Gasteiger partial charge in [-0.3, -0.25) is 0 Å². The predicted octanol–water partition coefficient (Wildman–Crippen LogP) is 1.84. The summed E-state index contributed by atoms with van der Waals surface area (Å²) in [6, 6.07) is 8.12. The molecule has 0 bridgehead atoms. The third-order valence-corrected chi connectivity index (χ3v) is 1.82. The molecule has 1 radical (unpaired) electrons. The number of benzene rings is 1. The van der Waals surface area contributed by atoms with Crippen molar-refractivity contribution in [2.75, 3.05) is 32.5 Å². The normalized spacial score (nSPS) is 10.5. The fourth-order valence-electron chi connectivity index (χ4n) is 1.11. The third kappa shape index (κ3) is 3.95. The minimum absolute atomic E-state index is 0.969. The quantitative estimate of drug-likeness (QED) is 0.755. The van der Waals surface area contributed by atoms with Crippen LogP contribution in [0.1, 0.15) is 5.56 Å². The zero-order valence-electron chi connectivity index (χ0n) is 8.38. The van der Waals surface area contributed by atoms with Gasteiger partial charge in [-0.25, -0.2) is 0 Å². The van der Waals surface area contributed by atoms with Crippen molar-refractivity contribution in [1.29, 1.82) is 0 Å². The SMILES string of the molecule is [CH2]c1cccc(NCCN(C)C)c1. The van der Waals surface area contributed by atoms with E-state index in [0.717, 1.165) is 24.3 Å². The highest BCUT2D eigenvalue weighted by Gasteiger charge is 1.92. The predicted molar refractivity (Wildman–Crippen MR) is 57.9 cm³/mol. The average molecular weight is 177 g/mol. The Kier molecular flexibility index (Phi) is 3.77. The summed E-state index contributed by atoms with van der Waals surface area (Å²) >= 11 is 0. The molecule has 0 aliphatic carbocycles. The van der Waals surface area contributed by atoms with Gasteiger partial charge in [0.2, 0.25) is 0 Å². The van der Waals surface area contributed by atoms with Crippen molar-refractivity contribution in [1.82, 2.24) is 4.90 Å². The van der Waals surface area contributed by atoms with Crippen LogP contribution in [-0.4, -0.2) is 32.1 Å². The Balaban J connectivity index is 2.37. The lowest BCUT2D eigenvalue weighted by Gasteiger charge is -2.11. The van der Waals surface area contributed by atoms with E-state index >= 15 is 0 Å². The summed E-state index contributed by atoms with van der Waals surface area (Å²) in [5.74, 6) is 0. The van der Waals surface area contributed by atoms with Crippen molar-refractivity contribution >= 4 is 5.69 Å². The third-order valence-electron chi connectivity index (χ3n) is 1.82. The number of rotatable bonds is 4. The highest BCUT2D eigenvalue weighted by atomic mass is 15.1. The second-order valence-corrected chi connectivity index (χ2v) is 3.43. The number of anilines is 1. The molecule has 0 saturated carbocycles. The fraction of sp³-hybridized carbons (Fsp3) is 0.364. The van der Waals surface area contributed by atoms with E-state index in [9.17, 15) is 0 Å². The maximum atomic E-state index is 3.87. The van der Waals surface area contributed by atoms with Gasteiger partial charge in [0.1, 0.15) is 0 Å². The Morgan fingerprint density at radius 1 is 1.38 bits per heavy atom. The van der Waals surface area contributed by atoms with Crippen molar-refractivity contribution in [3.8, 4) is 0 Å². The van der Waals surface area contributed by atoms with Crippen LogP contribution in [0.5, 0.6) is 0 Å². The Hall–Kier alpha value is -1.02. The molecule has 0 aromatic heterocycles. The molecule has 13 heavy (non-hydrogen) atoms. The van der Waals surface area contributed by atoms with Crippen molar-refractivity contribution < 1.29 is 0 Å². The Labute approximate surface area is 80.6 Å². The van der Waals surface area contributed by atoms with E-state index in [1.54, 1.807) is 0 Å². The molecular weight excluding hydrogens is 160 g/mol. The van der Waals surface area contributed by atoms with Crippen LogP contribution in [0.2, 0.25) is 0 Å². The molecule has 1 aromatic rings. The van der Waals surface area contributed by atoms with E-state index in [1.165, 1.54) is 0 Å². The molecule has 1 rings (SSSR count). The molecule has 1 N–H and O–H groups in total. The first-order valence-corrected chi connectivity index (χ1v) is 4.49. The van der Waals surface area contributed by atoms with E-state index in [4.69, 9.17) is 0 Å². The summed E-state index contributed by atoms with van der Waals surface area (Å²) in [4.78, 5) is 2.15. The fourth-order valence-corrected chi connectivity index (χ4v) is 1.11. The highest BCUT2D eigenvalue weighted by molar-refractivity contribution is 5.46. The van der Waals surface area contributed by atoms with Crippen LogP contribution >= 0.6 is 0 Å². The Bertz CT molecular complexity index is 256. The highest BCUT2D eigenvalue weighted by Crippen LogP contribution is 2.08. The standard InChI is InChI=1S/C11H17N2/c1-10-5-4-6-11(9-10)12-7-8-13(2)3/h4-6,9,12H,1,7-8H2,2-3H3. The van der Waals surface area contributed by atoms with Crippen molar-refractivity contribution in [2.24, 2.45) is 0 Å². The minimum Gasteiger partial charge on any atom is -0.384 e. The first-order valence-electron chi connectivity index (χ1n) is 4.49. The van der Waals surface area contributed by atoms with Gasteiger partial charge >= 0.3 is 0 Å². The zero-order chi connectivity index (χ0) is 9.68. The number of nitrogens with zero attached hydrogens (tertiary/aromatic N) is 1. The van der Waals surface area contributed by atoms with Gasteiger partial charge in [-0.05, 0) is 38.7 Å². The maximum Gasteiger partial charge on any atom is 0.0343 e. The van der Waals surface area contributed by atoms with Crippen LogP contribution in [0.4, 0.5) is 5.69 Å². The van der Waals surface area contributed by atoms with Crippen LogP contribution in [0.3, 0.4) is 0 Å². The van der Waals surface area contributed by atoms with E-state index in [-0.39, 0.29) is 0 Å². The molecule has 0 amide bonds. The number of nitrogens with one attached hydrogen (secondary N) is 1. The molecule has 0 aliphatic heterocycles. The molecule has 1 aromatic carbocycles. The van der Waals surface area contributed by atoms with E-state index in [1.807, 2.05) is 12.1 Å². The number of hydrogen-bond acceptors (Lipinski definition) is 2. The van der Waals surface area contributed by atoms with Crippen LogP contribution < -0.4 is 5.32 Å². The van der Waals surface area contributed by atoms with Gasteiger partial charge in [-0.2, -0.15) is 0 Å². The Morgan fingerprint density at radius 2 is 2.15 bits per heavy atom. The molecule has 71 valence electrons. The summed E-state index contributed by atoms with van der Waals surface area (Å²) in [5, 5.41) is 3.34. The Morgan fingerprint density at radius 3 is 2.77 bits per heavy atom. The zero-order valence-corrected chi connectivity index (χ0v) is 8.38. The monoisotopic (exact) mass is 177 g/mol. The molecule has 0 saturated heterocycles. The van der Waals surface area contributed by atoms with Gasteiger partial charge in [0.05, 0.1) is 0 Å². The summed E-state index contributed by atoms with van der Waals surface area (Å²) in [6.45, 7) is 5.89. The van der Waals surface area contributed by atoms with Gasteiger partial charge in [0.25, 0.3) is 0 Å². The lowest BCUT2D eigenvalue weighted by Crippen LogP contribution is -2.20. The lowest BCUT2D eigenvalue weighted by atomic mass is 10.2. The largest absolute Gasteiger partial charge is 0.384 e. The molecule has 0 atom stereocenters. The number of hydrogen-bond donors (Lipinski definition) is 1. The molecule has 0 heterocycles. The second kappa shape index (κ2) is 4.87. The number of likely N-dealkylation sites (N-methyl/N-ethyl adjacent to an activating group) is 1. The van der Waals surface area contributed by atoms with Gasteiger partial charge in [-0.1, -0.05) is 12.1 Å². The van der Waals surface area contributed by atoms with Crippen molar-refractivity contribution in [2.45, 2.75) is 0 Å². The first kappa shape index (κ1) is 10.1. The van der Waals surface area contributed by atoms with Crippen molar-refractivity contribution in [3.05, 3.63) is 36.8 Å². The van der Waals surface area contributed by atoms with Crippen LogP contribution in [-0.2, 0) is 0 Å². The van der Waals surface area contributed by atoms with E-state index in [2.05, 4.69) is 43.4 Å². The molecule has 0 aliphatic rings. The van der Waals surface area contributed by atoms with Gasteiger partial charge < -0.3 is 10.2 Å². The lowest BCUT2D eigenvalue weighted by molar-refractivity contribution is 0.425. The molecular formula is C11H17N2. The van der Waals surface area contributed by atoms with Crippen LogP contribution in [0, 0.1) is 6.92 Å². The van der Waals surface area contributed by atoms with Crippen LogP contribution in [0.25, 0.3) is 0 Å². The molecule has 0 unspecified atom stereocenters. The van der Waals surface area contributed by atoms with Gasteiger partial charge in [0, 0.05) is 18.8 Å².